The summed E-state index contributed by atoms with van der Waals surface area (Å²) in [6.07, 6.45) is 6.40. The van der Waals surface area contributed by atoms with E-state index in [9.17, 15) is 14.7 Å². The molecule has 0 bridgehead atoms. The van der Waals surface area contributed by atoms with Crippen molar-refractivity contribution in [2.75, 3.05) is 18.0 Å². The molecule has 0 spiro atoms. The third-order valence-electron chi connectivity index (χ3n) is 5.27. The molecule has 1 aromatic heterocycles. The average molecular weight is 381 g/mol. The molecule has 1 aromatic carbocycles. The molecule has 1 fully saturated rings. The minimum Gasteiger partial charge on any atom is -0.481 e. The Kier molecular flexibility index (Phi) is 6.63. The number of carboxylic acid groups (broad SMARTS) is 1. The standard InChI is InChI=1S/C22H27N3O3/c1-16(22(27)28)20(17-9-5-4-6-10-17)24-21(26)18-11-12-19(23-15-18)25-13-7-2-3-8-14-25/h4-6,9-12,15-16,20H,2-3,7-8,13-14H2,1H3,(H,24,26)(H,27,28). The van der Waals surface area contributed by atoms with Crippen molar-refractivity contribution < 1.29 is 14.7 Å². The largest absolute Gasteiger partial charge is 0.481 e. The molecule has 28 heavy (non-hydrogen) atoms. The van der Waals surface area contributed by atoms with Crippen molar-refractivity contribution in [2.24, 2.45) is 5.92 Å². The van der Waals surface area contributed by atoms with E-state index in [4.69, 9.17) is 0 Å². The summed E-state index contributed by atoms with van der Waals surface area (Å²) in [7, 11) is 0. The zero-order chi connectivity index (χ0) is 19.9. The molecule has 2 aromatic rings. The monoisotopic (exact) mass is 381 g/mol. The molecule has 1 aliphatic rings. The normalized spacial score (nSPS) is 16.7. The lowest BCUT2D eigenvalue weighted by atomic mass is 9.94. The zero-order valence-corrected chi connectivity index (χ0v) is 16.2. The predicted octanol–water partition coefficient (Wildman–Crippen LogP) is 3.65. The second-order valence-corrected chi connectivity index (χ2v) is 7.30. The zero-order valence-electron chi connectivity index (χ0n) is 16.2. The van der Waals surface area contributed by atoms with Crippen molar-refractivity contribution in [3.8, 4) is 0 Å². The van der Waals surface area contributed by atoms with E-state index in [1.54, 1.807) is 19.2 Å². The van der Waals surface area contributed by atoms with Crippen LogP contribution in [0.4, 0.5) is 5.82 Å². The van der Waals surface area contributed by atoms with Gasteiger partial charge in [-0.3, -0.25) is 9.59 Å². The van der Waals surface area contributed by atoms with E-state index in [1.165, 1.54) is 12.8 Å². The first-order chi connectivity index (χ1) is 13.6. The van der Waals surface area contributed by atoms with Crippen molar-refractivity contribution in [2.45, 2.75) is 38.6 Å². The van der Waals surface area contributed by atoms with Crippen molar-refractivity contribution in [3.63, 3.8) is 0 Å². The summed E-state index contributed by atoms with van der Waals surface area (Å²) in [6, 6.07) is 12.2. The maximum atomic E-state index is 12.7. The number of amides is 1. The highest BCUT2D eigenvalue weighted by Gasteiger charge is 2.27. The number of rotatable bonds is 6. The van der Waals surface area contributed by atoms with Crippen molar-refractivity contribution in [1.82, 2.24) is 10.3 Å². The summed E-state index contributed by atoms with van der Waals surface area (Å²) >= 11 is 0. The van der Waals surface area contributed by atoms with Crippen LogP contribution in [-0.4, -0.2) is 35.1 Å². The van der Waals surface area contributed by atoms with E-state index in [1.807, 2.05) is 36.4 Å². The Hall–Kier alpha value is -2.89. The van der Waals surface area contributed by atoms with Gasteiger partial charge in [0.05, 0.1) is 17.5 Å². The van der Waals surface area contributed by atoms with Crippen LogP contribution in [0.3, 0.4) is 0 Å². The highest BCUT2D eigenvalue weighted by Crippen LogP contribution is 2.23. The predicted molar refractivity (Wildman–Crippen MR) is 108 cm³/mol. The Balaban J connectivity index is 1.73. The maximum Gasteiger partial charge on any atom is 0.308 e. The van der Waals surface area contributed by atoms with Crippen LogP contribution in [-0.2, 0) is 4.79 Å². The van der Waals surface area contributed by atoms with E-state index in [2.05, 4.69) is 15.2 Å². The van der Waals surface area contributed by atoms with Gasteiger partial charge < -0.3 is 15.3 Å². The summed E-state index contributed by atoms with van der Waals surface area (Å²) in [4.78, 5) is 31.0. The van der Waals surface area contributed by atoms with Gasteiger partial charge >= 0.3 is 5.97 Å². The number of carbonyl (C=O) groups is 2. The number of hydrogen-bond acceptors (Lipinski definition) is 4. The molecule has 148 valence electrons. The SMILES string of the molecule is CC(C(=O)O)C(NC(=O)c1ccc(N2CCCCCC2)nc1)c1ccccc1. The van der Waals surface area contributed by atoms with Gasteiger partial charge in [-0.15, -0.1) is 0 Å². The van der Waals surface area contributed by atoms with Gasteiger partial charge in [0.15, 0.2) is 0 Å². The van der Waals surface area contributed by atoms with Gasteiger partial charge in [-0.2, -0.15) is 0 Å². The summed E-state index contributed by atoms with van der Waals surface area (Å²) in [5.74, 6) is -1.15. The quantitative estimate of drug-likeness (QED) is 0.798. The minimum atomic E-state index is -0.955. The molecule has 1 aliphatic heterocycles. The van der Waals surface area contributed by atoms with Gasteiger partial charge in [0.25, 0.3) is 5.91 Å². The third kappa shape index (κ3) is 4.88. The molecule has 1 amide bonds. The highest BCUT2D eigenvalue weighted by atomic mass is 16.4. The first-order valence-electron chi connectivity index (χ1n) is 9.86. The lowest BCUT2D eigenvalue weighted by molar-refractivity contribution is -0.142. The Morgan fingerprint density at radius 1 is 1.04 bits per heavy atom. The lowest BCUT2D eigenvalue weighted by Crippen LogP contribution is -2.35. The molecule has 6 nitrogen and oxygen atoms in total. The average Bonchev–Trinajstić information content (AvgIpc) is 3.01. The van der Waals surface area contributed by atoms with Crippen LogP contribution in [0.5, 0.6) is 0 Å². The van der Waals surface area contributed by atoms with E-state index in [0.717, 1.165) is 37.3 Å². The highest BCUT2D eigenvalue weighted by molar-refractivity contribution is 5.94. The lowest BCUT2D eigenvalue weighted by Gasteiger charge is -2.23. The minimum absolute atomic E-state index is 0.322. The number of anilines is 1. The smallest absolute Gasteiger partial charge is 0.308 e. The van der Waals surface area contributed by atoms with Crippen LogP contribution < -0.4 is 10.2 Å². The molecule has 2 atom stereocenters. The van der Waals surface area contributed by atoms with Crippen LogP contribution in [0.1, 0.15) is 54.6 Å². The van der Waals surface area contributed by atoms with Gasteiger partial charge in [0.2, 0.25) is 0 Å². The van der Waals surface area contributed by atoms with Crippen LogP contribution in [0.2, 0.25) is 0 Å². The van der Waals surface area contributed by atoms with E-state index >= 15 is 0 Å². The number of carboxylic acids is 1. The van der Waals surface area contributed by atoms with Crippen LogP contribution in [0.25, 0.3) is 0 Å². The molecular weight excluding hydrogens is 354 g/mol. The van der Waals surface area contributed by atoms with Crippen LogP contribution in [0, 0.1) is 5.92 Å². The Morgan fingerprint density at radius 2 is 1.71 bits per heavy atom. The van der Waals surface area contributed by atoms with Gasteiger partial charge in [0.1, 0.15) is 5.82 Å². The topological polar surface area (TPSA) is 82.5 Å². The first-order valence-corrected chi connectivity index (χ1v) is 9.86. The van der Waals surface area contributed by atoms with Gasteiger partial charge in [-0.05, 0) is 37.5 Å². The summed E-state index contributed by atoms with van der Waals surface area (Å²) in [5.41, 5.74) is 1.19. The fourth-order valence-electron chi connectivity index (χ4n) is 3.53. The summed E-state index contributed by atoms with van der Waals surface area (Å²) < 4.78 is 0. The van der Waals surface area contributed by atoms with Gasteiger partial charge in [0, 0.05) is 19.3 Å². The van der Waals surface area contributed by atoms with E-state index in [-0.39, 0.29) is 5.91 Å². The van der Waals surface area contributed by atoms with Crippen LogP contribution >= 0.6 is 0 Å². The second kappa shape index (κ2) is 9.35. The number of carbonyl (C=O) groups excluding carboxylic acids is 1. The maximum absolute atomic E-state index is 12.7. The molecule has 0 saturated carbocycles. The summed E-state index contributed by atoms with van der Waals surface area (Å²) in [6.45, 7) is 3.58. The molecule has 0 aliphatic carbocycles. The van der Waals surface area contributed by atoms with Gasteiger partial charge in [-0.1, -0.05) is 43.2 Å². The molecular formula is C22H27N3O3. The van der Waals surface area contributed by atoms with Crippen molar-refractivity contribution in [3.05, 3.63) is 59.8 Å². The fraction of sp³-hybridized carbons (Fsp3) is 0.409. The van der Waals surface area contributed by atoms with Crippen molar-refractivity contribution >= 4 is 17.7 Å². The summed E-state index contributed by atoms with van der Waals surface area (Å²) in [5, 5.41) is 12.3. The first kappa shape index (κ1) is 19.9. The Bertz CT molecular complexity index is 784. The van der Waals surface area contributed by atoms with E-state index in [0.29, 0.717) is 5.56 Å². The molecule has 1 saturated heterocycles. The number of pyridine rings is 1. The second-order valence-electron chi connectivity index (χ2n) is 7.30. The molecule has 2 N–H and O–H groups in total. The van der Waals surface area contributed by atoms with E-state index < -0.39 is 17.9 Å². The fourth-order valence-corrected chi connectivity index (χ4v) is 3.53. The number of nitrogens with zero attached hydrogens (tertiary/aromatic N) is 2. The molecule has 3 rings (SSSR count). The number of aromatic nitrogens is 1. The number of aliphatic carboxylic acids is 1. The third-order valence-corrected chi connectivity index (χ3v) is 5.27. The van der Waals surface area contributed by atoms with Gasteiger partial charge in [-0.25, -0.2) is 4.98 Å². The number of nitrogens with one attached hydrogen (secondary N) is 1. The Labute approximate surface area is 165 Å². The molecule has 0 radical (unpaired) electrons. The molecule has 6 heteroatoms. The van der Waals surface area contributed by atoms with Crippen molar-refractivity contribution in [1.29, 1.82) is 0 Å². The van der Waals surface area contributed by atoms with Crippen LogP contribution in [0.15, 0.2) is 48.7 Å². The number of benzene rings is 1. The number of hydrogen-bond donors (Lipinski definition) is 2. The molecule has 2 heterocycles. The Morgan fingerprint density at radius 3 is 2.29 bits per heavy atom. The molecule has 2 unspecified atom stereocenters.